The van der Waals surface area contributed by atoms with Crippen molar-refractivity contribution in [3.05, 3.63) is 26.6 Å². The topological polar surface area (TPSA) is 32.6 Å². The van der Waals surface area contributed by atoms with E-state index in [-0.39, 0.29) is 5.75 Å². The zero-order valence-electron chi connectivity index (χ0n) is 6.38. The lowest BCUT2D eigenvalue weighted by molar-refractivity contribution is 0.471. The second-order valence-corrected chi connectivity index (χ2v) is 3.98. The summed E-state index contributed by atoms with van der Waals surface area (Å²) in [6.45, 7) is 0. The zero-order chi connectivity index (χ0) is 9.14. The van der Waals surface area contributed by atoms with Gasteiger partial charge in [0, 0.05) is 23.3 Å². The Labute approximate surface area is 87.6 Å². The second-order valence-electron chi connectivity index (χ2n) is 2.21. The van der Waals surface area contributed by atoms with Gasteiger partial charge in [0.2, 0.25) is 0 Å². The molecule has 0 spiro atoms. The molecule has 0 saturated heterocycles. The molecule has 0 amide bonds. The number of phenolic OH excluding ortho intramolecular Hbond substituents is 1. The molecule has 0 radical (unpaired) electrons. The molecule has 12 heavy (non-hydrogen) atoms. The van der Waals surface area contributed by atoms with Crippen molar-refractivity contribution < 1.29 is 5.11 Å². The second kappa shape index (κ2) is 4.05. The van der Waals surface area contributed by atoms with Crippen LogP contribution in [0.25, 0.3) is 0 Å². The van der Waals surface area contributed by atoms with Crippen molar-refractivity contribution in [2.24, 2.45) is 4.99 Å². The van der Waals surface area contributed by atoms with Gasteiger partial charge < -0.3 is 5.11 Å². The van der Waals surface area contributed by atoms with E-state index >= 15 is 0 Å². The summed E-state index contributed by atoms with van der Waals surface area (Å²) in [5.41, 5.74) is 0.693. The summed E-state index contributed by atoms with van der Waals surface area (Å²) < 4.78 is 1.56. The molecule has 4 heteroatoms. The van der Waals surface area contributed by atoms with E-state index in [1.54, 1.807) is 25.4 Å². The molecule has 1 aromatic carbocycles. The van der Waals surface area contributed by atoms with E-state index < -0.39 is 0 Å². The monoisotopic (exact) mass is 292 g/mol. The molecule has 0 unspecified atom stereocenters. The number of halogens is 2. The van der Waals surface area contributed by atoms with Crippen molar-refractivity contribution in [3.8, 4) is 5.75 Å². The minimum absolute atomic E-state index is 0.212. The van der Waals surface area contributed by atoms with Gasteiger partial charge in [-0.15, -0.1) is 0 Å². The lowest BCUT2D eigenvalue weighted by atomic mass is 10.2. The standard InChI is InChI=1S/C8H7Br2NO/c1-11-4-5-2-6(9)3-7(10)8(5)12/h2-4,12H,1H3/i11+1. The first-order chi connectivity index (χ1) is 5.65. The summed E-state index contributed by atoms with van der Waals surface area (Å²) in [6, 6.07) is 3.58. The normalized spacial score (nSPS) is 10.9. The van der Waals surface area contributed by atoms with Gasteiger partial charge in [0.25, 0.3) is 0 Å². The highest BCUT2D eigenvalue weighted by Gasteiger charge is 2.04. The average Bonchev–Trinajstić information content (AvgIpc) is 2.00. The molecule has 0 aliphatic carbocycles. The predicted octanol–water partition coefficient (Wildman–Crippen LogP) is 2.97. The average molecular weight is 294 g/mol. The van der Waals surface area contributed by atoms with Crippen LogP contribution in [-0.2, 0) is 0 Å². The number of aliphatic imine (C=N–C) groups is 1. The first kappa shape index (κ1) is 9.74. The molecule has 0 bridgehead atoms. The van der Waals surface area contributed by atoms with Crippen LogP contribution >= 0.6 is 31.9 Å². The van der Waals surface area contributed by atoms with Crippen molar-refractivity contribution in [1.82, 2.24) is 0 Å². The Bertz CT molecular complexity index is 323. The summed E-state index contributed by atoms with van der Waals surface area (Å²) in [5, 5.41) is 9.49. The van der Waals surface area contributed by atoms with Crippen LogP contribution in [0, 0.1) is 0 Å². The van der Waals surface area contributed by atoms with E-state index in [1.807, 2.05) is 0 Å². The van der Waals surface area contributed by atoms with E-state index in [1.165, 1.54) is 0 Å². The lowest BCUT2D eigenvalue weighted by Gasteiger charge is -2.01. The first-order valence-corrected chi connectivity index (χ1v) is 4.84. The van der Waals surface area contributed by atoms with E-state index in [0.29, 0.717) is 10.0 Å². The first-order valence-electron chi connectivity index (χ1n) is 3.25. The SMILES string of the molecule is C[15N]=Cc1cc(Br)cc(Br)c1O. The van der Waals surface area contributed by atoms with Crippen molar-refractivity contribution in [2.75, 3.05) is 7.05 Å². The van der Waals surface area contributed by atoms with Crippen molar-refractivity contribution in [2.45, 2.75) is 0 Å². The summed E-state index contributed by atoms with van der Waals surface area (Å²) in [5.74, 6) is 0.212. The molecule has 0 aliphatic heterocycles. The van der Waals surface area contributed by atoms with Gasteiger partial charge in [-0.05, 0) is 28.1 Å². The third-order valence-corrected chi connectivity index (χ3v) is 2.39. The van der Waals surface area contributed by atoms with E-state index in [2.05, 4.69) is 36.9 Å². The van der Waals surface area contributed by atoms with Gasteiger partial charge in [0.1, 0.15) is 5.75 Å². The molecule has 0 heterocycles. The molecule has 1 N–H and O–H groups in total. The maximum absolute atomic E-state index is 9.49. The molecule has 0 atom stereocenters. The van der Waals surface area contributed by atoms with Crippen molar-refractivity contribution >= 4 is 38.1 Å². The van der Waals surface area contributed by atoms with Crippen LogP contribution in [0.3, 0.4) is 0 Å². The molecule has 0 aromatic heterocycles. The summed E-state index contributed by atoms with van der Waals surface area (Å²) in [6.07, 6.45) is 1.60. The minimum Gasteiger partial charge on any atom is -0.506 e. The van der Waals surface area contributed by atoms with Gasteiger partial charge in [0.05, 0.1) is 4.47 Å². The van der Waals surface area contributed by atoms with Gasteiger partial charge in [-0.25, -0.2) is 0 Å². The number of hydrogen-bond acceptors (Lipinski definition) is 2. The Morgan fingerprint density at radius 3 is 2.67 bits per heavy atom. The van der Waals surface area contributed by atoms with Gasteiger partial charge in [-0.1, -0.05) is 15.9 Å². The van der Waals surface area contributed by atoms with Gasteiger partial charge in [0.15, 0.2) is 0 Å². The van der Waals surface area contributed by atoms with Gasteiger partial charge in [-0.3, -0.25) is 4.99 Å². The van der Waals surface area contributed by atoms with Crippen LogP contribution in [0.5, 0.6) is 5.75 Å². The Morgan fingerprint density at radius 2 is 2.08 bits per heavy atom. The fourth-order valence-electron chi connectivity index (χ4n) is 0.823. The van der Waals surface area contributed by atoms with E-state index in [9.17, 15) is 5.11 Å². The summed E-state index contributed by atoms with van der Waals surface area (Å²) in [7, 11) is 1.66. The number of hydrogen-bond donors (Lipinski definition) is 1. The Balaban J connectivity index is 3.27. The number of aromatic hydroxyl groups is 1. The Kier molecular flexibility index (Phi) is 3.29. The van der Waals surface area contributed by atoms with Crippen LogP contribution in [0.15, 0.2) is 26.1 Å². The van der Waals surface area contributed by atoms with E-state index in [0.717, 1.165) is 4.47 Å². The number of benzene rings is 1. The molecular formula is C8H7Br2NO. The van der Waals surface area contributed by atoms with Crippen LogP contribution in [0.4, 0.5) is 0 Å². The largest absolute Gasteiger partial charge is 0.506 e. The molecule has 64 valence electrons. The van der Waals surface area contributed by atoms with Gasteiger partial charge >= 0.3 is 0 Å². The number of nitrogens with zero attached hydrogens (tertiary/aromatic N) is 1. The minimum atomic E-state index is 0.212. The molecular weight excluding hydrogens is 287 g/mol. The Hall–Kier alpha value is -0.350. The van der Waals surface area contributed by atoms with E-state index in [4.69, 9.17) is 0 Å². The van der Waals surface area contributed by atoms with Gasteiger partial charge in [-0.2, -0.15) is 0 Å². The van der Waals surface area contributed by atoms with Crippen LogP contribution in [0.1, 0.15) is 5.56 Å². The number of rotatable bonds is 1. The quantitative estimate of drug-likeness (QED) is 0.627. The molecule has 1 rings (SSSR count). The highest BCUT2D eigenvalue weighted by atomic mass is 79.9. The molecule has 1 aromatic rings. The van der Waals surface area contributed by atoms with Crippen LogP contribution < -0.4 is 0 Å². The van der Waals surface area contributed by atoms with Crippen molar-refractivity contribution in [1.29, 1.82) is 0 Å². The highest BCUT2D eigenvalue weighted by Crippen LogP contribution is 2.30. The maximum atomic E-state index is 9.49. The molecule has 0 fully saturated rings. The van der Waals surface area contributed by atoms with Crippen LogP contribution in [0.2, 0.25) is 0 Å². The maximum Gasteiger partial charge on any atom is 0.138 e. The van der Waals surface area contributed by atoms with Crippen LogP contribution in [-0.4, -0.2) is 18.4 Å². The zero-order valence-corrected chi connectivity index (χ0v) is 9.55. The third-order valence-electron chi connectivity index (χ3n) is 1.33. The fourth-order valence-corrected chi connectivity index (χ4v) is 2.08. The fraction of sp³-hybridized carbons (Fsp3) is 0.125. The smallest absolute Gasteiger partial charge is 0.138 e. The number of phenols is 1. The molecule has 0 aliphatic rings. The summed E-state index contributed by atoms with van der Waals surface area (Å²) >= 11 is 6.54. The third kappa shape index (κ3) is 2.08. The lowest BCUT2D eigenvalue weighted by Crippen LogP contribution is -1.83. The Morgan fingerprint density at radius 1 is 1.42 bits per heavy atom. The summed E-state index contributed by atoms with van der Waals surface area (Å²) in [4.78, 5) is 3.82. The highest BCUT2D eigenvalue weighted by molar-refractivity contribution is 9.11. The van der Waals surface area contributed by atoms with Crippen molar-refractivity contribution in [3.63, 3.8) is 0 Å². The predicted molar refractivity (Wildman–Crippen MR) is 57.0 cm³/mol. The molecule has 2 nitrogen and oxygen atoms in total. The molecule has 0 saturated carbocycles.